The van der Waals surface area contributed by atoms with Gasteiger partial charge in [0.15, 0.2) is 0 Å². The number of Topliss-reactive ketones (excluding diaryl/α,β-unsaturated/α-hetero) is 1. The summed E-state index contributed by atoms with van der Waals surface area (Å²) < 4.78 is 11.6. The highest BCUT2D eigenvalue weighted by Crippen LogP contribution is 2.46. The predicted octanol–water partition coefficient (Wildman–Crippen LogP) is 6.47. The van der Waals surface area contributed by atoms with Crippen LogP contribution in [0.3, 0.4) is 0 Å². The van der Waals surface area contributed by atoms with Gasteiger partial charge in [0.2, 0.25) is 0 Å². The van der Waals surface area contributed by atoms with Crippen LogP contribution in [-0.4, -0.2) is 44.6 Å². The fraction of sp³-hybridized carbons (Fsp3) is 0.333. The van der Waals surface area contributed by atoms with E-state index in [0.29, 0.717) is 34.9 Å². The molecule has 1 aliphatic heterocycles. The Hall–Kier alpha value is -4.26. The van der Waals surface area contributed by atoms with E-state index in [1.54, 1.807) is 24.3 Å². The number of aliphatic hydroxyl groups is 1. The third-order valence-electron chi connectivity index (χ3n) is 7.08. The molecule has 7 heteroatoms. The van der Waals surface area contributed by atoms with Crippen molar-refractivity contribution in [3.63, 3.8) is 0 Å². The van der Waals surface area contributed by atoms with Gasteiger partial charge in [0.25, 0.3) is 11.7 Å². The maximum Gasteiger partial charge on any atom is 0.300 e. The molecule has 3 aromatic carbocycles. The number of anilines is 2. The molecule has 1 fully saturated rings. The molecule has 1 saturated heterocycles. The Balaban J connectivity index is 1.99. The Morgan fingerprint density at radius 1 is 0.975 bits per heavy atom. The lowest BCUT2D eigenvalue weighted by Gasteiger charge is -2.28. The normalized spacial score (nSPS) is 16.8. The Labute approximate surface area is 236 Å². The highest BCUT2D eigenvalue weighted by Gasteiger charge is 2.48. The number of carbonyl (C=O) groups is 2. The van der Waals surface area contributed by atoms with Crippen molar-refractivity contribution in [1.82, 2.24) is 0 Å². The average Bonchev–Trinajstić information content (AvgIpc) is 3.20. The number of benzene rings is 3. The van der Waals surface area contributed by atoms with Gasteiger partial charge in [0.1, 0.15) is 17.3 Å². The van der Waals surface area contributed by atoms with E-state index in [-0.39, 0.29) is 16.7 Å². The van der Waals surface area contributed by atoms with E-state index in [9.17, 15) is 14.7 Å². The van der Waals surface area contributed by atoms with Crippen LogP contribution < -0.4 is 19.3 Å². The average molecular weight is 543 g/mol. The Kier molecular flexibility index (Phi) is 8.24. The van der Waals surface area contributed by atoms with Gasteiger partial charge in [-0.1, -0.05) is 58.0 Å². The van der Waals surface area contributed by atoms with Gasteiger partial charge in [-0.25, -0.2) is 0 Å². The number of rotatable bonds is 8. The van der Waals surface area contributed by atoms with Crippen molar-refractivity contribution in [2.75, 3.05) is 37.6 Å². The molecule has 4 rings (SSSR count). The molecule has 0 saturated carbocycles. The van der Waals surface area contributed by atoms with Crippen molar-refractivity contribution in [2.24, 2.45) is 0 Å². The van der Waals surface area contributed by atoms with Gasteiger partial charge in [-0.05, 0) is 59.4 Å². The molecule has 1 amide bonds. The van der Waals surface area contributed by atoms with E-state index in [1.165, 1.54) is 12.0 Å². The zero-order valence-electron chi connectivity index (χ0n) is 24.3. The lowest BCUT2D eigenvalue weighted by Crippen LogP contribution is -2.30. The number of amides is 1. The van der Waals surface area contributed by atoms with E-state index < -0.39 is 17.7 Å². The third kappa shape index (κ3) is 5.41. The maximum absolute atomic E-state index is 13.8. The number of methoxy groups -OCH3 is 1. The van der Waals surface area contributed by atoms with Gasteiger partial charge in [-0.3, -0.25) is 14.5 Å². The van der Waals surface area contributed by atoms with Gasteiger partial charge >= 0.3 is 0 Å². The van der Waals surface area contributed by atoms with Crippen LogP contribution in [0.15, 0.2) is 72.3 Å². The number of para-hydroxylation sites is 2. The molecule has 0 aliphatic carbocycles. The summed E-state index contributed by atoms with van der Waals surface area (Å²) in [5.41, 5.74) is 3.21. The summed E-state index contributed by atoms with van der Waals surface area (Å²) in [5, 5.41) is 11.8. The van der Waals surface area contributed by atoms with Crippen LogP contribution in [-0.2, 0) is 15.0 Å². The molecule has 7 nitrogen and oxygen atoms in total. The van der Waals surface area contributed by atoms with E-state index in [0.717, 1.165) is 17.7 Å². The second-order valence-electron chi connectivity index (χ2n) is 11.1. The smallest absolute Gasteiger partial charge is 0.300 e. The van der Waals surface area contributed by atoms with Crippen molar-refractivity contribution in [1.29, 1.82) is 0 Å². The summed E-state index contributed by atoms with van der Waals surface area (Å²) in [4.78, 5) is 30.9. The van der Waals surface area contributed by atoms with Crippen molar-refractivity contribution >= 4 is 28.8 Å². The molecule has 0 radical (unpaired) electrons. The Bertz CT molecular complexity index is 1430. The molecule has 0 aromatic heterocycles. The van der Waals surface area contributed by atoms with Crippen molar-refractivity contribution in [3.05, 3.63) is 89.0 Å². The molecule has 1 unspecified atom stereocenters. The molecule has 40 heavy (non-hydrogen) atoms. The number of ether oxygens (including phenoxy) is 2. The molecule has 0 bridgehead atoms. The van der Waals surface area contributed by atoms with Crippen molar-refractivity contribution in [3.8, 4) is 11.5 Å². The first-order chi connectivity index (χ1) is 19.0. The molecule has 1 atom stereocenters. The number of ketones is 1. The zero-order chi connectivity index (χ0) is 29.2. The summed E-state index contributed by atoms with van der Waals surface area (Å²) in [6.07, 6.45) is 0.784. The topological polar surface area (TPSA) is 79.3 Å². The minimum absolute atomic E-state index is 0.00254. The van der Waals surface area contributed by atoms with Crippen LogP contribution in [0.25, 0.3) is 5.76 Å². The lowest BCUT2D eigenvalue weighted by molar-refractivity contribution is -0.132. The number of carbonyl (C=O) groups excluding carboxylic acids is 2. The molecular formula is C33H38N2O5. The fourth-order valence-corrected chi connectivity index (χ4v) is 4.85. The first-order valence-corrected chi connectivity index (χ1v) is 13.5. The van der Waals surface area contributed by atoms with Crippen molar-refractivity contribution < 1.29 is 24.2 Å². The molecule has 210 valence electrons. The SMILES string of the molecule is CCCOc1ccccc1N1C(=O)C(=O)/C(=C(/O)c2cc(C(C)(C)C)ccc2OC)C1c1ccc(N(C)C)cc1. The zero-order valence-corrected chi connectivity index (χ0v) is 24.3. The van der Waals surface area contributed by atoms with Crippen LogP contribution in [0.2, 0.25) is 0 Å². The molecule has 3 aromatic rings. The standard InChI is InChI=1S/C33H38N2O5/c1-8-19-40-27-12-10-9-11-25(27)35-29(21-13-16-23(17-14-21)34(5)6)28(31(37)32(35)38)30(36)24-20-22(33(2,3)4)15-18-26(24)39-7/h9-18,20,29,36H,8,19H2,1-7H3/b30-28+. The van der Waals surface area contributed by atoms with Gasteiger partial charge in [-0.15, -0.1) is 0 Å². The number of nitrogens with zero attached hydrogens (tertiary/aromatic N) is 2. The first kappa shape index (κ1) is 28.7. The highest BCUT2D eigenvalue weighted by atomic mass is 16.5. The molecule has 1 N–H and O–H groups in total. The van der Waals surface area contributed by atoms with Crippen LogP contribution in [0, 0.1) is 0 Å². The second-order valence-corrected chi connectivity index (χ2v) is 11.1. The summed E-state index contributed by atoms with van der Waals surface area (Å²) in [5.74, 6) is -0.884. The summed E-state index contributed by atoms with van der Waals surface area (Å²) in [7, 11) is 5.40. The van der Waals surface area contributed by atoms with E-state index in [4.69, 9.17) is 9.47 Å². The summed E-state index contributed by atoms with van der Waals surface area (Å²) in [6, 6.07) is 19.4. The molecule has 1 heterocycles. The van der Waals surface area contributed by atoms with E-state index in [1.807, 2.05) is 68.4 Å². The van der Waals surface area contributed by atoms with Gasteiger partial charge in [0.05, 0.1) is 36.6 Å². The Morgan fingerprint density at radius 2 is 1.65 bits per heavy atom. The largest absolute Gasteiger partial charge is 0.507 e. The second kappa shape index (κ2) is 11.5. The van der Waals surface area contributed by atoms with Crippen LogP contribution in [0.4, 0.5) is 11.4 Å². The highest BCUT2D eigenvalue weighted by molar-refractivity contribution is 6.52. The number of aliphatic hydroxyl groups excluding tert-OH is 1. The maximum atomic E-state index is 13.8. The molecule has 1 aliphatic rings. The van der Waals surface area contributed by atoms with Crippen LogP contribution in [0.1, 0.15) is 56.8 Å². The van der Waals surface area contributed by atoms with Crippen LogP contribution >= 0.6 is 0 Å². The van der Waals surface area contributed by atoms with Crippen LogP contribution in [0.5, 0.6) is 11.5 Å². The fourth-order valence-electron chi connectivity index (χ4n) is 4.85. The third-order valence-corrected chi connectivity index (χ3v) is 7.08. The lowest BCUT2D eigenvalue weighted by atomic mass is 9.85. The predicted molar refractivity (Wildman–Crippen MR) is 159 cm³/mol. The van der Waals surface area contributed by atoms with E-state index in [2.05, 4.69) is 20.8 Å². The monoisotopic (exact) mass is 542 g/mol. The molecular weight excluding hydrogens is 504 g/mol. The number of hydrogen-bond acceptors (Lipinski definition) is 6. The molecule has 0 spiro atoms. The number of hydrogen-bond donors (Lipinski definition) is 1. The minimum Gasteiger partial charge on any atom is -0.507 e. The summed E-state index contributed by atoms with van der Waals surface area (Å²) >= 11 is 0. The van der Waals surface area contributed by atoms with Gasteiger partial charge < -0.3 is 19.5 Å². The van der Waals surface area contributed by atoms with Gasteiger partial charge in [0, 0.05) is 19.8 Å². The van der Waals surface area contributed by atoms with Gasteiger partial charge in [-0.2, -0.15) is 0 Å². The quantitative estimate of drug-likeness (QED) is 0.200. The minimum atomic E-state index is -0.884. The summed E-state index contributed by atoms with van der Waals surface area (Å²) in [6.45, 7) is 8.66. The first-order valence-electron chi connectivity index (χ1n) is 13.5. The van der Waals surface area contributed by atoms with E-state index >= 15 is 0 Å². The van der Waals surface area contributed by atoms with Crippen molar-refractivity contribution in [2.45, 2.75) is 45.6 Å². The Morgan fingerprint density at radius 3 is 2.25 bits per heavy atom.